The van der Waals surface area contributed by atoms with Gasteiger partial charge in [0.15, 0.2) is 0 Å². The Labute approximate surface area is 97.3 Å². The van der Waals surface area contributed by atoms with Gasteiger partial charge in [-0.2, -0.15) is 0 Å². The number of nitrogens with one attached hydrogen (secondary N) is 1. The average Bonchev–Trinajstić information content (AvgIpc) is 2.23. The first kappa shape index (κ1) is 13.0. The number of amides is 1. The van der Waals surface area contributed by atoms with Gasteiger partial charge in [-0.1, -0.05) is 12.8 Å². The molecule has 1 aliphatic rings. The summed E-state index contributed by atoms with van der Waals surface area (Å²) >= 11 is 0. The lowest BCUT2D eigenvalue weighted by atomic mass is 10.0. The van der Waals surface area contributed by atoms with Gasteiger partial charge in [0, 0.05) is 19.6 Å². The smallest absolute Gasteiger partial charge is 0.249 e. The van der Waals surface area contributed by atoms with Gasteiger partial charge in [0.05, 0.1) is 12.1 Å². The Morgan fingerprint density at radius 1 is 1.62 bits per heavy atom. The van der Waals surface area contributed by atoms with Gasteiger partial charge < -0.3 is 15.0 Å². The Morgan fingerprint density at radius 2 is 2.31 bits per heavy atom. The van der Waals surface area contributed by atoms with Crippen LogP contribution in [0.4, 0.5) is 0 Å². The van der Waals surface area contributed by atoms with Gasteiger partial charge >= 0.3 is 0 Å². The fraction of sp³-hybridized carbons (Fsp3) is 0.750. The number of carbonyl (C=O) groups is 1. The van der Waals surface area contributed by atoms with Crippen molar-refractivity contribution >= 4 is 5.91 Å². The van der Waals surface area contributed by atoms with Gasteiger partial charge in [-0.25, -0.2) is 0 Å². The second-order valence-corrected chi connectivity index (χ2v) is 4.36. The molecule has 90 valence electrons. The third-order valence-electron chi connectivity index (χ3n) is 2.67. The number of terminal acetylenes is 1. The van der Waals surface area contributed by atoms with Crippen LogP contribution in [0.3, 0.4) is 0 Å². The van der Waals surface area contributed by atoms with Gasteiger partial charge in [0.25, 0.3) is 0 Å². The lowest BCUT2D eigenvalue weighted by molar-refractivity contribution is -0.145. The Bertz CT molecular complexity index is 279. The van der Waals surface area contributed by atoms with Crippen LogP contribution in [-0.2, 0) is 9.53 Å². The largest absolute Gasteiger partial charge is 0.363 e. The number of ether oxygens (including phenoxy) is 1. The molecule has 0 spiro atoms. The van der Waals surface area contributed by atoms with Crippen molar-refractivity contribution in [2.75, 3.05) is 32.8 Å². The van der Waals surface area contributed by atoms with Crippen LogP contribution in [0, 0.1) is 12.3 Å². The second-order valence-electron chi connectivity index (χ2n) is 4.36. The number of hydrogen-bond donors (Lipinski definition) is 1. The molecule has 1 N–H and O–H groups in total. The maximum absolute atomic E-state index is 11.8. The predicted molar refractivity (Wildman–Crippen MR) is 62.9 cm³/mol. The van der Waals surface area contributed by atoms with E-state index in [1.807, 2.05) is 13.8 Å². The van der Waals surface area contributed by atoms with E-state index in [4.69, 9.17) is 11.2 Å². The van der Waals surface area contributed by atoms with Crippen LogP contribution in [-0.4, -0.2) is 49.2 Å². The van der Waals surface area contributed by atoms with Gasteiger partial charge in [0.1, 0.15) is 6.61 Å². The molecular formula is C12H20N2O2. The van der Waals surface area contributed by atoms with Gasteiger partial charge in [0.2, 0.25) is 5.91 Å². The van der Waals surface area contributed by atoms with Crippen molar-refractivity contribution in [1.82, 2.24) is 10.2 Å². The van der Waals surface area contributed by atoms with E-state index < -0.39 is 0 Å². The van der Waals surface area contributed by atoms with Crippen molar-refractivity contribution in [1.29, 1.82) is 0 Å². The molecule has 1 fully saturated rings. The number of hydrogen-bond acceptors (Lipinski definition) is 3. The van der Waals surface area contributed by atoms with Crippen LogP contribution in [0.15, 0.2) is 0 Å². The first-order valence-corrected chi connectivity index (χ1v) is 5.67. The maximum atomic E-state index is 11.8. The molecule has 0 bridgehead atoms. The fourth-order valence-corrected chi connectivity index (χ4v) is 1.58. The summed E-state index contributed by atoms with van der Waals surface area (Å²) in [6.07, 6.45) is 6.13. The molecule has 16 heavy (non-hydrogen) atoms. The van der Waals surface area contributed by atoms with Crippen LogP contribution < -0.4 is 5.32 Å². The molecule has 0 unspecified atom stereocenters. The van der Waals surface area contributed by atoms with E-state index in [0.717, 1.165) is 19.5 Å². The van der Waals surface area contributed by atoms with E-state index in [0.29, 0.717) is 13.1 Å². The number of rotatable bonds is 6. The molecule has 0 aromatic carbocycles. The van der Waals surface area contributed by atoms with E-state index in [-0.39, 0.29) is 18.1 Å². The summed E-state index contributed by atoms with van der Waals surface area (Å²) in [5.41, 5.74) is -0.177. The highest BCUT2D eigenvalue weighted by Crippen LogP contribution is 2.15. The standard InChI is InChI=1S/C12H20N2O2/c1-4-6-14(7-5-2)11(15)8-16-12(3)9-13-10-12/h1,13H,5-10H2,2-3H3. The summed E-state index contributed by atoms with van der Waals surface area (Å²) in [6.45, 7) is 6.83. The molecular weight excluding hydrogens is 204 g/mol. The lowest BCUT2D eigenvalue weighted by Crippen LogP contribution is -2.59. The summed E-state index contributed by atoms with van der Waals surface area (Å²) in [7, 11) is 0. The zero-order valence-corrected chi connectivity index (χ0v) is 10.1. The molecule has 0 saturated carbocycles. The number of nitrogens with zero attached hydrogens (tertiary/aromatic N) is 1. The first-order chi connectivity index (χ1) is 7.61. The molecule has 1 aliphatic heterocycles. The van der Waals surface area contributed by atoms with Crippen molar-refractivity contribution < 1.29 is 9.53 Å². The highest BCUT2D eigenvalue weighted by atomic mass is 16.5. The third-order valence-corrected chi connectivity index (χ3v) is 2.67. The molecule has 0 atom stereocenters. The first-order valence-electron chi connectivity index (χ1n) is 5.67. The van der Waals surface area contributed by atoms with Gasteiger partial charge in [-0.05, 0) is 13.3 Å². The lowest BCUT2D eigenvalue weighted by Gasteiger charge is -2.39. The van der Waals surface area contributed by atoms with Crippen molar-refractivity contribution in [2.24, 2.45) is 0 Å². The fourth-order valence-electron chi connectivity index (χ4n) is 1.58. The normalized spacial score (nSPS) is 17.3. The zero-order chi connectivity index (χ0) is 12.0. The zero-order valence-electron chi connectivity index (χ0n) is 10.1. The molecule has 1 amide bonds. The Hall–Kier alpha value is -1.05. The van der Waals surface area contributed by atoms with Crippen LogP contribution in [0.2, 0.25) is 0 Å². The molecule has 1 rings (SSSR count). The Kier molecular flexibility index (Phi) is 4.78. The maximum Gasteiger partial charge on any atom is 0.249 e. The Morgan fingerprint density at radius 3 is 2.75 bits per heavy atom. The van der Waals surface area contributed by atoms with E-state index in [9.17, 15) is 4.79 Å². The van der Waals surface area contributed by atoms with Crippen LogP contribution in [0.5, 0.6) is 0 Å². The quantitative estimate of drug-likeness (QED) is 0.657. The summed E-state index contributed by atoms with van der Waals surface area (Å²) < 4.78 is 5.58. The van der Waals surface area contributed by atoms with E-state index in [2.05, 4.69) is 11.2 Å². The Balaban J connectivity index is 2.33. The minimum atomic E-state index is -0.177. The molecule has 1 saturated heterocycles. The number of carbonyl (C=O) groups excluding carboxylic acids is 1. The third kappa shape index (κ3) is 3.51. The summed E-state index contributed by atoms with van der Waals surface area (Å²) in [6, 6.07) is 0. The minimum Gasteiger partial charge on any atom is -0.363 e. The van der Waals surface area contributed by atoms with E-state index in [1.54, 1.807) is 4.90 Å². The summed E-state index contributed by atoms with van der Waals surface area (Å²) in [5, 5.41) is 3.12. The average molecular weight is 224 g/mol. The van der Waals surface area contributed by atoms with Crippen molar-refractivity contribution in [2.45, 2.75) is 25.9 Å². The van der Waals surface area contributed by atoms with Gasteiger partial charge in [-0.15, -0.1) is 6.42 Å². The second kappa shape index (κ2) is 5.88. The van der Waals surface area contributed by atoms with Crippen molar-refractivity contribution in [3.63, 3.8) is 0 Å². The molecule has 0 radical (unpaired) electrons. The van der Waals surface area contributed by atoms with Crippen LogP contribution in [0.25, 0.3) is 0 Å². The highest BCUT2D eigenvalue weighted by molar-refractivity contribution is 5.77. The minimum absolute atomic E-state index is 0.0204. The topological polar surface area (TPSA) is 41.6 Å². The highest BCUT2D eigenvalue weighted by Gasteiger charge is 2.33. The van der Waals surface area contributed by atoms with Crippen LogP contribution >= 0.6 is 0 Å². The molecule has 0 aromatic rings. The van der Waals surface area contributed by atoms with Crippen molar-refractivity contribution in [3.8, 4) is 12.3 Å². The van der Waals surface area contributed by atoms with E-state index >= 15 is 0 Å². The monoisotopic (exact) mass is 224 g/mol. The molecule has 0 aliphatic carbocycles. The van der Waals surface area contributed by atoms with E-state index in [1.165, 1.54) is 0 Å². The van der Waals surface area contributed by atoms with Gasteiger partial charge in [-0.3, -0.25) is 4.79 Å². The molecule has 1 heterocycles. The molecule has 0 aromatic heterocycles. The predicted octanol–water partition coefficient (Wildman–Crippen LogP) is 0.237. The molecule has 4 heteroatoms. The summed E-state index contributed by atoms with van der Waals surface area (Å²) in [5.74, 6) is 2.48. The molecule has 4 nitrogen and oxygen atoms in total. The van der Waals surface area contributed by atoms with Crippen molar-refractivity contribution in [3.05, 3.63) is 0 Å². The summed E-state index contributed by atoms with van der Waals surface area (Å²) in [4.78, 5) is 13.5. The SMILES string of the molecule is C#CCN(CCC)C(=O)COC1(C)CNC1. The van der Waals surface area contributed by atoms with Crippen LogP contribution in [0.1, 0.15) is 20.3 Å².